The van der Waals surface area contributed by atoms with Crippen LogP contribution in [-0.4, -0.2) is 56.4 Å². The molecule has 1 aliphatic carbocycles. The van der Waals surface area contributed by atoms with Gasteiger partial charge in [-0.3, -0.25) is 4.79 Å². The van der Waals surface area contributed by atoms with Crippen molar-refractivity contribution in [1.82, 2.24) is 10.2 Å². The smallest absolute Gasteiger partial charge is 0.251 e. The third-order valence-corrected chi connectivity index (χ3v) is 6.51. The number of anilines is 1. The monoisotopic (exact) mass is 439 g/mol. The molecule has 2 aromatic carbocycles. The lowest BCUT2D eigenvalue weighted by atomic mass is 9.95. The Kier molecular flexibility index (Phi) is 7.88. The van der Waals surface area contributed by atoms with Crippen LogP contribution in [-0.2, 0) is 0 Å². The molecule has 1 saturated carbocycles. The molecule has 6 nitrogen and oxygen atoms in total. The highest BCUT2D eigenvalue weighted by atomic mass is 16.7. The molecule has 32 heavy (non-hydrogen) atoms. The number of hydrogen-bond acceptors (Lipinski definition) is 5. The van der Waals surface area contributed by atoms with Gasteiger partial charge >= 0.3 is 0 Å². The highest BCUT2D eigenvalue weighted by Crippen LogP contribution is 2.41. The van der Waals surface area contributed by atoms with E-state index in [4.69, 9.17) is 9.47 Å². The Bertz CT molecular complexity index is 866. The molecule has 0 radical (unpaired) electrons. The van der Waals surface area contributed by atoms with E-state index in [9.17, 15) is 4.79 Å². The van der Waals surface area contributed by atoms with Crippen LogP contribution in [0.15, 0.2) is 48.5 Å². The average Bonchev–Trinajstić information content (AvgIpc) is 3.35. The molecule has 6 heteroatoms. The van der Waals surface area contributed by atoms with Crippen LogP contribution < -0.4 is 19.7 Å². The molecule has 0 spiro atoms. The van der Waals surface area contributed by atoms with Crippen molar-refractivity contribution >= 4 is 11.6 Å². The van der Waals surface area contributed by atoms with Gasteiger partial charge in [-0.05, 0) is 43.7 Å². The van der Waals surface area contributed by atoms with Crippen molar-refractivity contribution in [2.75, 3.05) is 44.4 Å². The fourth-order valence-corrected chi connectivity index (χ4v) is 4.57. The van der Waals surface area contributed by atoms with E-state index in [0.717, 1.165) is 62.6 Å². The van der Waals surface area contributed by atoms with Gasteiger partial charge in [0, 0.05) is 39.2 Å². The Labute approximate surface area is 193 Å². The van der Waals surface area contributed by atoms with Gasteiger partial charge in [-0.1, -0.05) is 50.5 Å². The van der Waals surface area contributed by atoms with Crippen LogP contribution in [0, 0.1) is 0 Å². The number of piperazine rings is 1. The molecule has 2 aliphatic heterocycles. The van der Waals surface area contributed by atoms with Gasteiger partial charge in [0.25, 0.3) is 5.91 Å². The minimum Gasteiger partial charge on any atom is -0.454 e. The standard InChI is InChI=1S/C13H18N2O2.C13H17NO.H2/c1-2-14-6-8-15(9-7-14)11-4-3-5-12-13(11)17-10-16-12;15-13(11-7-3-1-4-8-11)14-12-9-5-2-6-10-12;/h3-5H,2,6-10H2,1H3;1,3-4,7-8,12H,2,5-6,9-10H2,(H,14,15);1H. The molecule has 0 bridgehead atoms. The van der Waals surface area contributed by atoms with E-state index in [1.165, 1.54) is 24.9 Å². The SMILES string of the molecule is CCN1CCN(c2cccc3c2OCO3)CC1.O=C(NC1CCCCC1)c1ccccc1.[HH]. The van der Waals surface area contributed by atoms with Crippen LogP contribution in [0.2, 0.25) is 0 Å². The molecule has 0 unspecified atom stereocenters. The molecule has 3 aliphatic rings. The van der Waals surface area contributed by atoms with Crippen LogP contribution in [0.5, 0.6) is 11.5 Å². The van der Waals surface area contributed by atoms with Crippen LogP contribution in [0.25, 0.3) is 0 Å². The van der Waals surface area contributed by atoms with Crippen molar-refractivity contribution in [3.63, 3.8) is 0 Å². The largest absolute Gasteiger partial charge is 0.454 e. The number of nitrogens with one attached hydrogen (secondary N) is 1. The second-order valence-electron chi connectivity index (χ2n) is 8.61. The molecule has 5 rings (SSSR count). The van der Waals surface area contributed by atoms with Gasteiger partial charge in [-0.15, -0.1) is 0 Å². The number of ether oxygens (including phenoxy) is 2. The van der Waals surface area contributed by atoms with Gasteiger partial charge < -0.3 is 24.6 Å². The lowest BCUT2D eigenvalue weighted by Gasteiger charge is -2.35. The van der Waals surface area contributed by atoms with Crippen molar-refractivity contribution in [2.24, 2.45) is 0 Å². The summed E-state index contributed by atoms with van der Waals surface area (Å²) in [6.45, 7) is 8.08. The number of hydrogen-bond donors (Lipinski definition) is 1. The number of carbonyl (C=O) groups excluding carboxylic acids is 1. The summed E-state index contributed by atoms with van der Waals surface area (Å²) in [5.41, 5.74) is 1.94. The minimum atomic E-state index is 0. The summed E-state index contributed by atoms with van der Waals surface area (Å²) < 4.78 is 11.0. The maximum absolute atomic E-state index is 11.8. The van der Waals surface area contributed by atoms with Gasteiger partial charge in [0.15, 0.2) is 11.5 Å². The lowest BCUT2D eigenvalue weighted by molar-refractivity contribution is 0.0927. The third kappa shape index (κ3) is 5.74. The Morgan fingerprint density at radius 2 is 1.72 bits per heavy atom. The molecule has 1 saturated heterocycles. The van der Waals surface area contributed by atoms with E-state index in [0.29, 0.717) is 12.8 Å². The highest BCUT2D eigenvalue weighted by Gasteiger charge is 2.23. The van der Waals surface area contributed by atoms with Gasteiger partial charge in [0.05, 0.1) is 5.69 Å². The molecule has 2 fully saturated rings. The van der Waals surface area contributed by atoms with Crippen molar-refractivity contribution < 1.29 is 15.7 Å². The Morgan fingerprint density at radius 3 is 2.44 bits per heavy atom. The Morgan fingerprint density at radius 1 is 0.969 bits per heavy atom. The van der Waals surface area contributed by atoms with Crippen molar-refractivity contribution in [3.05, 3.63) is 54.1 Å². The fraction of sp³-hybridized carbons (Fsp3) is 0.500. The molecular weight excluding hydrogens is 402 g/mol. The summed E-state index contributed by atoms with van der Waals surface area (Å²) in [7, 11) is 0. The van der Waals surface area contributed by atoms with Crippen molar-refractivity contribution in [1.29, 1.82) is 0 Å². The molecular formula is C26H37N3O3. The van der Waals surface area contributed by atoms with E-state index in [2.05, 4.69) is 28.1 Å². The number of fused-ring (bicyclic) bond motifs is 1. The second kappa shape index (κ2) is 11.2. The van der Waals surface area contributed by atoms with Crippen LogP contribution in [0.3, 0.4) is 0 Å². The summed E-state index contributed by atoms with van der Waals surface area (Å²) in [5, 5.41) is 3.10. The zero-order valence-corrected chi connectivity index (χ0v) is 19.1. The lowest BCUT2D eigenvalue weighted by Crippen LogP contribution is -2.46. The molecule has 1 N–H and O–H groups in total. The summed E-state index contributed by atoms with van der Waals surface area (Å²) in [4.78, 5) is 16.7. The topological polar surface area (TPSA) is 54.0 Å². The maximum Gasteiger partial charge on any atom is 0.251 e. The normalized spacial score (nSPS) is 18.6. The fourth-order valence-electron chi connectivity index (χ4n) is 4.57. The number of amides is 1. The molecule has 1 amide bonds. The van der Waals surface area contributed by atoms with Gasteiger partial charge in [0.1, 0.15) is 0 Å². The van der Waals surface area contributed by atoms with Crippen molar-refractivity contribution in [3.8, 4) is 11.5 Å². The molecule has 0 atom stereocenters. The van der Waals surface area contributed by atoms with Crippen molar-refractivity contribution in [2.45, 2.75) is 45.1 Å². The highest BCUT2D eigenvalue weighted by molar-refractivity contribution is 5.94. The molecule has 2 heterocycles. The first-order valence-corrected chi connectivity index (χ1v) is 12.0. The van der Waals surface area contributed by atoms with E-state index in [1.54, 1.807) is 0 Å². The number of benzene rings is 2. The predicted molar refractivity (Wildman–Crippen MR) is 130 cm³/mol. The maximum atomic E-state index is 11.8. The average molecular weight is 440 g/mol. The van der Waals surface area contributed by atoms with Crippen LogP contribution >= 0.6 is 0 Å². The Hall–Kier alpha value is -2.73. The number of rotatable bonds is 4. The van der Waals surface area contributed by atoms with Gasteiger partial charge in [-0.2, -0.15) is 0 Å². The molecule has 2 aromatic rings. The first kappa shape index (κ1) is 22.5. The van der Waals surface area contributed by atoms with Crippen LogP contribution in [0.1, 0.15) is 50.8 Å². The summed E-state index contributed by atoms with van der Waals surface area (Å²) >= 11 is 0. The second-order valence-corrected chi connectivity index (χ2v) is 8.61. The summed E-state index contributed by atoms with van der Waals surface area (Å²) in [6, 6.07) is 16.0. The molecule has 174 valence electrons. The molecule has 0 aromatic heterocycles. The Balaban J connectivity index is 0.000000182. The number of para-hydroxylation sites is 1. The first-order valence-electron chi connectivity index (χ1n) is 12.0. The minimum absolute atomic E-state index is 0. The summed E-state index contributed by atoms with van der Waals surface area (Å²) in [6.07, 6.45) is 6.09. The number of carbonyl (C=O) groups is 1. The van der Waals surface area contributed by atoms with E-state index in [-0.39, 0.29) is 7.33 Å². The van der Waals surface area contributed by atoms with Crippen LogP contribution in [0.4, 0.5) is 5.69 Å². The van der Waals surface area contributed by atoms with E-state index in [1.807, 2.05) is 42.5 Å². The first-order chi connectivity index (χ1) is 15.7. The van der Waals surface area contributed by atoms with E-state index < -0.39 is 0 Å². The predicted octanol–water partition coefficient (Wildman–Crippen LogP) is 4.55. The summed E-state index contributed by atoms with van der Waals surface area (Å²) in [5.74, 6) is 1.86. The van der Waals surface area contributed by atoms with Gasteiger partial charge in [-0.25, -0.2) is 0 Å². The quantitative estimate of drug-likeness (QED) is 0.757. The number of nitrogens with zero attached hydrogens (tertiary/aromatic N) is 2. The van der Waals surface area contributed by atoms with E-state index >= 15 is 0 Å². The number of likely N-dealkylation sites (N-methyl/N-ethyl adjacent to an activating group) is 1. The zero-order valence-electron chi connectivity index (χ0n) is 19.1. The zero-order chi connectivity index (χ0) is 22.2. The third-order valence-electron chi connectivity index (χ3n) is 6.51. The van der Waals surface area contributed by atoms with Gasteiger partial charge in [0.2, 0.25) is 6.79 Å².